The summed E-state index contributed by atoms with van der Waals surface area (Å²) in [5, 5.41) is 2.78. The quantitative estimate of drug-likeness (QED) is 0.648. The Balaban J connectivity index is 3.29. The van der Waals surface area contributed by atoms with E-state index in [4.69, 9.17) is 0 Å². The van der Waals surface area contributed by atoms with Crippen molar-refractivity contribution in [2.45, 2.75) is 26.4 Å². The van der Waals surface area contributed by atoms with Gasteiger partial charge in [-0.1, -0.05) is 13.8 Å². The van der Waals surface area contributed by atoms with Gasteiger partial charge in [0.25, 0.3) is 0 Å². The average molecular weight is 212 g/mol. The van der Waals surface area contributed by atoms with Crippen molar-refractivity contribution in [1.29, 1.82) is 0 Å². The molecule has 0 bridgehead atoms. The molecule has 0 aromatic carbocycles. The number of rotatable bonds is 7. The van der Waals surface area contributed by atoms with Gasteiger partial charge in [0.15, 0.2) is 0 Å². The summed E-state index contributed by atoms with van der Waals surface area (Å²) >= 11 is 0. The Morgan fingerprint density at radius 2 is 1.64 bits per heavy atom. The van der Waals surface area contributed by atoms with E-state index in [-0.39, 0.29) is 6.54 Å². The summed E-state index contributed by atoms with van der Waals surface area (Å²) in [5.41, 5.74) is 0. The van der Waals surface area contributed by atoms with Crippen LogP contribution in [0.2, 0.25) is 0 Å². The third-order valence-electron chi connectivity index (χ3n) is 2.08. The van der Waals surface area contributed by atoms with E-state index in [1.807, 2.05) is 13.8 Å². The molecule has 0 aliphatic rings. The number of nitrogens with zero attached hydrogens (tertiary/aromatic N) is 1. The highest BCUT2D eigenvalue weighted by atomic mass is 19.4. The van der Waals surface area contributed by atoms with Crippen molar-refractivity contribution in [1.82, 2.24) is 10.2 Å². The van der Waals surface area contributed by atoms with Gasteiger partial charge in [-0.25, -0.2) is 0 Å². The smallest absolute Gasteiger partial charge is 0.315 e. The molecule has 0 unspecified atom stereocenters. The van der Waals surface area contributed by atoms with Crippen LogP contribution < -0.4 is 5.32 Å². The fourth-order valence-corrected chi connectivity index (χ4v) is 1.13. The van der Waals surface area contributed by atoms with Crippen LogP contribution in [0.4, 0.5) is 13.2 Å². The summed E-state index contributed by atoms with van der Waals surface area (Å²) in [5.74, 6) is 0. The molecule has 2 nitrogen and oxygen atoms in total. The minimum Gasteiger partial charge on any atom is -0.315 e. The molecule has 0 fully saturated rings. The van der Waals surface area contributed by atoms with E-state index in [2.05, 4.69) is 10.2 Å². The maximum Gasteiger partial charge on any atom is 0.390 e. The van der Waals surface area contributed by atoms with Crippen molar-refractivity contribution in [3.63, 3.8) is 0 Å². The highest BCUT2D eigenvalue weighted by molar-refractivity contribution is 4.58. The first-order chi connectivity index (χ1) is 6.49. The first kappa shape index (κ1) is 13.7. The Hall–Kier alpha value is -0.290. The molecule has 0 radical (unpaired) electrons. The Morgan fingerprint density at radius 3 is 2.07 bits per heavy atom. The normalized spacial score (nSPS) is 12.4. The second kappa shape index (κ2) is 7.06. The fourth-order valence-electron chi connectivity index (χ4n) is 1.13. The predicted molar refractivity (Wildman–Crippen MR) is 51.3 cm³/mol. The van der Waals surface area contributed by atoms with E-state index in [0.29, 0.717) is 6.54 Å². The summed E-state index contributed by atoms with van der Waals surface area (Å²) in [6, 6.07) is 0. The molecule has 0 aliphatic heterocycles. The number of nitrogens with one attached hydrogen (secondary N) is 1. The molecule has 0 spiro atoms. The molecule has 14 heavy (non-hydrogen) atoms. The Labute approximate surface area is 83.5 Å². The number of halogens is 3. The number of likely N-dealkylation sites (N-methyl/N-ethyl adjacent to an activating group) is 1. The minimum atomic E-state index is -4.04. The monoisotopic (exact) mass is 212 g/mol. The van der Waals surface area contributed by atoms with Gasteiger partial charge in [-0.15, -0.1) is 0 Å². The van der Waals surface area contributed by atoms with Crippen LogP contribution >= 0.6 is 0 Å². The molecule has 0 saturated heterocycles. The molecule has 0 amide bonds. The first-order valence-corrected chi connectivity index (χ1v) is 4.99. The van der Waals surface area contributed by atoms with Crippen LogP contribution in [0.5, 0.6) is 0 Å². The average Bonchev–Trinajstić information content (AvgIpc) is 2.09. The zero-order valence-corrected chi connectivity index (χ0v) is 8.82. The third kappa shape index (κ3) is 8.31. The van der Waals surface area contributed by atoms with Gasteiger partial charge in [0, 0.05) is 19.6 Å². The maximum absolute atomic E-state index is 11.7. The Morgan fingerprint density at radius 1 is 1.07 bits per heavy atom. The zero-order chi connectivity index (χ0) is 11.0. The molecule has 0 heterocycles. The molecule has 0 atom stereocenters. The van der Waals surface area contributed by atoms with E-state index in [1.165, 1.54) is 0 Å². The lowest BCUT2D eigenvalue weighted by Gasteiger charge is -2.18. The van der Waals surface area contributed by atoms with Gasteiger partial charge in [-0.2, -0.15) is 13.2 Å². The van der Waals surface area contributed by atoms with E-state index in [0.717, 1.165) is 19.6 Å². The van der Waals surface area contributed by atoms with Crippen LogP contribution in [0.15, 0.2) is 0 Å². The van der Waals surface area contributed by atoms with Crippen LogP contribution in [0, 0.1) is 0 Å². The molecule has 1 N–H and O–H groups in total. The zero-order valence-electron chi connectivity index (χ0n) is 8.82. The highest BCUT2D eigenvalue weighted by Crippen LogP contribution is 2.17. The molecule has 0 aromatic heterocycles. The summed E-state index contributed by atoms with van der Waals surface area (Å²) in [4.78, 5) is 2.17. The molecular weight excluding hydrogens is 193 g/mol. The van der Waals surface area contributed by atoms with Crippen LogP contribution in [-0.4, -0.2) is 43.8 Å². The van der Waals surface area contributed by atoms with Gasteiger partial charge in [-0.05, 0) is 13.1 Å². The van der Waals surface area contributed by atoms with Crippen molar-refractivity contribution >= 4 is 0 Å². The van der Waals surface area contributed by atoms with Crippen molar-refractivity contribution in [3.8, 4) is 0 Å². The lowest BCUT2D eigenvalue weighted by Crippen LogP contribution is -2.33. The van der Waals surface area contributed by atoms with Crippen LogP contribution in [0.25, 0.3) is 0 Å². The van der Waals surface area contributed by atoms with Crippen molar-refractivity contribution < 1.29 is 13.2 Å². The topological polar surface area (TPSA) is 15.3 Å². The van der Waals surface area contributed by atoms with Crippen molar-refractivity contribution in [2.75, 3.05) is 32.7 Å². The summed E-state index contributed by atoms with van der Waals surface area (Å²) < 4.78 is 35.2. The molecule has 0 aliphatic carbocycles. The van der Waals surface area contributed by atoms with Gasteiger partial charge >= 0.3 is 6.18 Å². The summed E-state index contributed by atoms with van der Waals surface area (Å²) in [7, 11) is 0. The van der Waals surface area contributed by atoms with E-state index < -0.39 is 12.6 Å². The third-order valence-corrected chi connectivity index (χ3v) is 2.08. The standard InChI is InChI=1S/C9H19F3N2/c1-3-14(4-2)8-7-13-6-5-9(10,11)12/h13H,3-8H2,1-2H3. The molecule has 0 rings (SSSR count). The summed E-state index contributed by atoms with van der Waals surface area (Å²) in [6.45, 7) is 7.42. The van der Waals surface area contributed by atoms with Gasteiger partial charge in [0.2, 0.25) is 0 Å². The number of hydrogen-bond acceptors (Lipinski definition) is 2. The molecular formula is C9H19F3N2. The second-order valence-electron chi connectivity index (χ2n) is 3.14. The number of hydrogen-bond donors (Lipinski definition) is 1. The lowest BCUT2D eigenvalue weighted by atomic mass is 10.4. The Bertz CT molecular complexity index is 133. The summed E-state index contributed by atoms with van der Waals surface area (Å²) in [6.07, 6.45) is -4.78. The molecule has 0 aromatic rings. The first-order valence-electron chi connectivity index (χ1n) is 4.99. The highest BCUT2D eigenvalue weighted by Gasteiger charge is 2.25. The van der Waals surface area contributed by atoms with Gasteiger partial charge in [0.1, 0.15) is 0 Å². The molecule has 86 valence electrons. The van der Waals surface area contributed by atoms with Crippen LogP contribution in [-0.2, 0) is 0 Å². The number of alkyl halides is 3. The molecule has 5 heteroatoms. The largest absolute Gasteiger partial charge is 0.390 e. The second-order valence-corrected chi connectivity index (χ2v) is 3.14. The van der Waals surface area contributed by atoms with E-state index in [1.54, 1.807) is 0 Å². The van der Waals surface area contributed by atoms with Crippen LogP contribution in [0.3, 0.4) is 0 Å². The fraction of sp³-hybridized carbons (Fsp3) is 1.00. The van der Waals surface area contributed by atoms with Gasteiger partial charge < -0.3 is 10.2 Å². The van der Waals surface area contributed by atoms with E-state index in [9.17, 15) is 13.2 Å². The van der Waals surface area contributed by atoms with Crippen molar-refractivity contribution in [3.05, 3.63) is 0 Å². The van der Waals surface area contributed by atoms with Crippen LogP contribution in [0.1, 0.15) is 20.3 Å². The molecule has 0 saturated carbocycles. The lowest BCUT2D eigenvalue weighted by molar-refractivity contribution is -0.133. The Kier molecular flexibility index (Phi) is 6.92. The maximum atomic E-state index is 11.7. The van der Waals surface area contributed by atoms with Gasteiger partial charge in [-0.3, -0.25) is 0 Å². The van der Waals surface area contributed by atoms with Crippen molar-refractivity contribution in [2.24, 2.45) is 0 Å². The minimum absolute atomic E-state index is 0.0186. The SMILES string of the molecule is CCN(CC)CCNCCC(F)(F)F. The van der Waals surface area contributed by atoms with Gasteiger partial charge in [0.05, 0.1) is 6.42 Å². The predicted octanol–water partition coefficient (Wildman–Crippen LogP) is 1.87. The van der Waals surface area contributed by atoms with E-state index >= 15 is 0 Å².